The number of aromatic nitrogens is 5. The summed E-state index contributed by atoms with van der Waals surface area (Å²) in [6.45, 7) is 0. The second kappa shape index (κ2) is 4.55. The van der Waals surface area contributed by atoms with Gasteiger partial charge in [-0.25, -0.2) is 15.0 Å². The van der Waals surface area contributed by atoms with E-state index < -0.39 is 0 Å². The first-order valence-electron chi connectivity index (χ1n) is 7.50. The van der Waals surface area contributed by atoms with Crippen LogP contribution in [0.15, 0.2) is 40.4 Å². The third kappa shape index (κ3) is 1.77. The molecule has 4 aromatic rings. The molecule has 7 heteroatoms. The van der Waals surface area contributed by atoms with Gasteiger partial charge in [-0.15, -0.1) is 0 Å². The van der Waals surface area contributed by atoms with Gasteiger partial charge in [0.25, 0.3) is 5.56 Å². The molecule has 1 fully saturated rings. The molecule has 23 heavy (non-hydrogen) atoms. The summed E-state index contributed by atoms with van der Waals surface area (Å²) in [7, 11) is 0. The second-order valence-electron chi connectivity index (χ2n) is 5.74. The van der Waals surface area contributed by atoms with Gasteiger partial charge in [-0.1, -0.05) is 23.9 Å². The maximum atomic E-state index is 13.0. The van der Waals surface area contributed by atoms with Crippen LogP contribution in [0.2, 0.25) is 0 Å². The molecule has 1 saturated carbocycles. The molecule has 1 aliphatic carbocycles. The van der Waals surface area contributed by atoms with Crippen LogP contribution in [0.1, 0.15) is 18.9 Å². The van der Waals surface area contributed by atoms with Crippen molar-refractivity contribution in [2.75, 3.05) is 6.26 Å². The van der Waals surface area contributed by atoms with Crippen LogP contribution in [0.25, 0.3) is 27.6 Å². The van der Waals surface area contributed by atoms with Crippen molar-refractivity contribution in [3.63, 3.8) is 0 Å². The fourth-order valence-electron chi connectivity index (χ4n) is 3.07. The minimum absolute atomic E-state index is 0.0965. The first-order chi connectivity index (χ1) is 11.3. The molecular weight excluding hydrogens is 310 g/mol. The fourth-order valence-corrected chi connectivity index (χ4v) is 3.41. The summed E-state index contributed by atoms with van der Waals surface area (Å²) < 4.78 is 3.79. The summed E-state index contributed by atoms with van der Waals surface area (Å²) in [6, 6.07) is 8.41. The SMILES string of the molecule is CSc1ncc2c(=O)n3c(nc2n1)c1ccccc1n3C1CC1. The van der Waals surface area contributed by atoms with Gasteiger partial charge in [0, 0.05) is 11.6 Å². The van der Waals surface area contributed by atoms with E-state index in [1.165, 1.54) is 11.8 Å². The molecule has 1 aliphatic rings. The number of nitrogens with zero attached hydrogens (tertiary/aromatic N) is 5. The standard InChI is InChI=1S/C16H13N5OS/c1-23-16-17-8-11-13(19-16)18-14-10-4-2-3-5-12(10)20(9-6-7-9)21(14)15(11)22/h2-5,8-9H,6-7H2,1H3. The van der Waals surface area contributed by atoms with Gasteiger partial charge in [0.1, 0.15) is 5.39 Å². The number of para-hydroxylation sites is 1. The molecule has 0 bridgehead atoms. The van der Waals surface area contributed by atoms with E-state index in [9.17, 15) is 4.79 Å². The maximum Gasteiger partial charge on any atom is 0.284 e. The van der Waals surface area contributed by atoms with E-state index in [4.69, 9.17) is 0 Å². The molecule has 1 aromatic carbocycles. The molecular formula is C16H13N5OS. The van der Waals surface area contributed by atoms with E-state index in [1.807, 2.05) is 30.5 Å². The fraction of sp³-hybridized carbons (Fsp3) is 0.250. The molecule has 0 atom stereocenters. The minimum atomic E-state index is -0.0965. The van der Waals surface area contributed by atoms with Gasteiger partial charge in [0.05, 0.1) is 11.6 Å². The average Bonchev–Trinajstić information content (AvgIpc) is 3.37. The lowest BCUT2D eigenvalue weighted by Crippen LogP contribution is -2.21. The number of hydrogen-bond acceptors (Lipinski definition) is 5. The molecule has 0 spiro atoms. The summed E-state index contributed by atoms with van der Waals surface area (Å²) in [5.41, 5.74) is 2.09. The molecule has 3 heterocycles. The average molecular weight is 323 g/mol. The Morgan fingerprint density at radius 3 is 2.78 bits per heavy atom. The normalized spacial score (nSPS) is 15.0. The first-order valence-corrected chi connectivity index (χ1v) is 8.73. The number of rotatable bonds is 2. The van der Waals surface area contributed by atoms with Gasteiger partial charge in [-0.2, -0.15) is 4.52 Å². The van der Waals surface area contributed by atoms with Gasteiger partial charge >= 0.3 is 0 Å². The largest absolute Gasteiger partial charge is 0.284 e. The third-order valence-electron chi connectivity index (χ3n) is 4.26. The second-order valence-corrected chi connectivity index (χ2v) is 6.51. The number of benzene rings is 1. The summed E-state index contributed by atoms with van der Waals surface area (Å²) in [4.78, 5) is 26.3. The zero-order chi connectivity index (χ0) is 15.6. The lowest BCUT2D eigenvalue weighted by Gasteiger charge is -2.06. The number of hydrogen-bond donors (Lipinski definition) is 0. The van der Waals surface area contributed by atoms with E-state index >= 15 is 0 Å². The van der Waals surface area contributed by atoms with Gasteiger partial charge in [0.2, 0.25) is 0 Å². The van der Waals surface area contributed by atoms with Crippen LogP contribution in [0, 0.1) is 0 Å². The van der Waals surface area contributed by atoms with Crippen LogP contribution < -0.4 is 5.56 Å². The first kappa shape index (κ1) is 13.1. The van der Waals surface area contributed by atoms with Crippen LogP contribution in [-0.2, 0) is 0 Å². The van der Waals surface area contributed by atoms with Crippen molar-refractivity contribution in [2.24, 2.45) is 0 Å². The lowest BCUT2D eigenvalue weighted by molar-refractivity contribution is 0.608. The third-order valence-corrected chi connectivity index (χ3v) is 4.83. The molecule has 0 unspecified atom stereocenters. The summed E-state index contributed by atoms with van der Waals surface area (Å²) in [5, 5.41) is 2.08. The topological polar surface area (TPSA) is 65.1 Å². The summed E-state index contributed by atoms with van der Waals surface area (Å²) in [6.07, 6.45) is 5.69. The van der Waals surface area contributed by atoms with Crippen molar-refractivity contribution in [1.29, 1.82) is 0 Å². The molecule has 0 radical (unpaired) electrons. The van der Waals surface area contributed by atoms with Crippen molar-refractivity contribution in [3.05, 3.63) is 40.8 Å². The summed E-state index contributed by atoms with van der Waals surface area (Å²) in [5.74, 6) is 0. The lowest BCUT2D eigenvalue weighted by atomic mass is 10.2. The Morgan fingerprint density at radius 2 is 2.00 bits per heavy atom. The van der Waals surface area contributed by atoms with E-state index in [-0.39, 0.29) is 5.56 Å². The van der Waals surface area contributed by atoms with Crippen molar-refractivity contribution >= 4 is 39.3 Å². The Hall–Kier alpha value is -2.41. The van der Waals surface area contributed by atoms with Gasteiger partial charge < -0.3 is 0 Å². The highest BCUT2D eigenvalue weighted by molar-refractivity contribution is 7.98. The van der Waals surface area contributed by atoms with Crippen molar-refractivity contribution in [3.8, 4) is 0 Å². The van der Waals surface area contributed by atoms with E-state index in [0.29, 0.717) is 27.9 Å². The highest BCUT2D eigenvalue weighted by Crippen LogP contribution is 2.38. The predicted octanol–water partition coefficient (Wildman–Crippen LogP) is 2.65. The minimum Gasteiger partial charge on any atom is -0.273 e. The van der Waals surface area contributed by atoms with Crippen LogP contribution in [0.4, 0.5) is 0 Å². The van der Waals surface area contributed by atoms with Crippen LogP contribution in [0.5, 0.6) is 0 Å². The molecule has 3 aromatic heterocycles. The highest BCUT2D eigenvalue weighted by atomic mass is 32.2. The molecule has 0 N–H and O–H groups in total. The van der Waals surface area contributed by atoms with Crippen LogP contribution in [-0.4, -0.2) is 30.4 Å². The molecule has 114 valence electrons. The zero-order valence-electron chi connectivity index (χ0n) is 12.4. The van der Waals surface area contributed by atoms with E-state index in [1.54, 1.807) is 10.7 Å². The smallest absolute Gasteiger partial charge is 0.273 e. The van der Waals surface area contributed by atoms with E-state index in [0.717, 1.165) is 23.7 Å². The Bertz CT molecular complexity index is 1140. The Kier molecular flexibility index (Phi) is 2.58. The van der Waals surface area contributed by atoms with Gasteiger partial charge in [0.15, 0.2) is 16.5 Å². The van der Waals surface area contributed by atoms with Crippen molar-refractivity contribution < 1.29 is 0 Å². The molecule has 6 nitrogen and oxygen atoms in total. The molecule has 0 amide bonds. The van der Waals surface area contributed by atoms with Crippen molar-refractivity contribution in [1.82, 2.24) is 24.1 Å². The Labute approximate surface area is 135 Å². The van der Waals surface area contributed by atoms with Gasteiger partial charge in [-0.05, 0) is 31.2 Å². The maximum absolute atomic E-state index is 13.0. The van der Waals surface area contributed by atoms with Crippen LogP contribution >= 0.6 is 11.8 Å². The highest BCUT2D eigenvalue weighted by Gasteiger charge is 2.29. The Balaban J connectivity index is 2.03. The van der Waals surface area contributed by atoms with Gasteiger partial charge in [-0.3, -0.25) is 9.48 Å². The number of fused-ring (bicyclic) bond motifs is 4. The predicted molar refractivity (Wildman–Crippen MR) is 90.1 cm³/mol. The molecule has 0 saturated heterocycles. The quantitative estimate of drug-likeness (QED) is 0.419. The molecule has 5 rings (SSSR count). The summed E-state index contributed by atoms with van der Waals surface area (Å²) >= 11 is 1.44. The number of thioether (sulfide) groups is 1. The zero-order valence-corrected chi connectivity index (χ0v) is 13.2. The molecule has 0 aliphatic heterocycles. The van der Waals surface area contributed by atoms with Crippen LogP contribution in [0.3, 0.4) is 0 Å². The Morgan fingerprint density at radius 1 is 1.17 bits per heavy atom. The van der Waals surface area contributed by atoms with Crippen molar-refractivity contribution in [2.45, 2.75) is 24.0 Å². The monoisotopic (exact) mass is 323 g/mol. The van der Waals surface area contributed by atoms with E-state index in [2.05, 4.69) is 19.6 Å².